The predicted molar refractivity (Wildman–Crippen MR) is 129 cm³/mol. The highest BCUT2D eigenvalue weighted by atomic mass is 32.2. The minimum atomic E-state index is -3.60. The van der Waals surface area contributed by atoms with Crippen molar-refractivity contribution in [1.29, 1.82) is 0 Å². The average molecular weight is 486 g/mol. The molecule has 2 N–H and O–H groups in total. The quantitative estimate of drug-likeness (QED) is 0.560. The molecule has 7 nitrogen and oxygen atoms in total. The fraction of sp³-hybridized carbons (Fsp3) is 0.333. The molecule has 0 spiro atoms. The van der Waals surface area contributed by atoms with Gasteiger partial charge in [-0.3, -0.25) is 9.59 Å². The van der Waals surface area contributed by atoms with E-state index in [4.69, 9.17) is 0 Å². The van der Waals surface area contributed by atoms with Crippen LogP contribution in [0.25, 0.3) is 0 Å². The molecular weight excluding hydrogens is 458 g/mol. The number of rotatable bonds is 8. The number of thioether (sulfide) groups is 1. The number of fused-ring (bicyclic) bond motifs is 1. The largest absolute Gasteiger partial charge is 0.352 e. The smallest absolute Gasteiger partial charge is 0.244 e. The SMILES string of the molecule is C=CC(=O)NC1CC2CN(S(=O)(=O)c3ccc(CC(=O)NCc4ccccc4)cc3)CC2S1. The zero-order chi connectivity index (χ0) is 23.4. The Hall–Kier alpha value is -2.62. The molecule has 3 atom stereocenters. The highest BCUT2D eigenvalue weighted by molar-refractivity contribution is 8.00. The third-order valence-electron chi connectivity index (χ3n) is 5.95. The van der Waals surface area contributed by atoms with Crippen LogP contribution in [0, 0.1) is 5.92 Å². The maximum Gasteiger partial charge on any atom is 0.244 e. The van der Waals surface area contributed by atoms with Crippen LogP contribution in [0.3, 0.4) is 0 Å². The van der Waals surface area contributed by atoms with Gasteiger partial charge >= 0.3 is 0 Å². The summed E-state index contributed by atoms with van der Waals surface area (Å²) in [5.74, 6) is -0.102. The first-order valence-corrected chi connectivity index (χ1v) is 13.2. The number of amides is 2. The second kappa shape index (κ2) is 10.1. The molecule has 2 fully saturated rings. The molecule has 2 aliphatic rings. The van der Waals surface area contributed by atoms with Gasteiger partial charge < -0.3 is 10.6 Å². The van der Waals surface area contributed by atoms with Crippen molar-refractivity contribution in [3.63, 3.8) is 0 Å². The van der Waals surface area contributed by atoms with E-state index in [1.54, 1.807) is 36.0 Å². The zero-order valence-corrected chi connectivity index (χ0v) is 19.8. The van der Waals surface area contributed by atoms with Gasteiger partial charge in [0.1, 0.15) is 0 Å². The highest BCUT2D eigenvalue weighted by Crippen LogP contribution is 2.43. The Balaban J connectivity index is 1.31. The molecule has 4 rings (SSSR count). The molecule has 3 unspecified atom stereocenters. The second-order valence-electron chi connectivity index (χ2n) is 8.28. The second-order valence-corrected chi connectivity index (χ2v) is 11.7. The normalized spacial score (nSPS) is 22.5. The van der Waals surface area contributed by atoms with E-state index >= 15 is 0 Å². The van der Waals surface area contributed by atoms with Crippen LogP contribution in [-0.4, -0.2) is 48.3 Å². The van der Waals surface area contributed by atoms with Crippen molar-refractivity contribution >= 4 is 33.6 Å². The molecule has 2 aliphatic heterocycles. The van der Waals surface area contributed by atoms with Gasteiger partial charge in [-0.1, -0.05) is 49.0 Å². The van der Waals surface area contributed by atoms with Crippen LogP contribution < -0.4 is 10.6 Å². The molecule has 0 radical (unpaired) electrons. The van der Waals surface area contributed by atoms with Gasteiger partial charge in [0.2, 0.25) is 21.8 Å². The maximum atomic E-state index is 13.1. The van der Waals surface area contributed by atoms with E-state index < -0.39 is 10.0 Å². The molecule has 33 heavy (non-hydrogen) atoms. The lowest BCUT2D eigenvalue weighted by Crippen LogP contribution is -2.33. The average Bonchev–Trinajstić information content (AvgIpc) is 3.38. The molecule has 2 heterocycles. The molecule has 174 valence electrons. The summed E-state index contributed by atoms with van der Waals surface area (Å²) in [5, 5.41) is 5.94. The molecular formula is C24H27N3O4S2. The first-order chi connectivity index (χ1) is 15.8. The lowest BCUT2D eigenvalue weighted by Gasteiger charge is -2.19. The summed E-state index contributed by atoms with van der Waals surface area (Å²) in [5.41, 5.74) is 1.78. The number of hydrogen-bond donors (Lipinski definition) is 2. The summed E-state index contributed by atoms with van der Waals surface area (Å²) >= 11 is 1.62. The van der Waals surface area contributed by atoms with Crippen molar-refractivity contribution in [3.05, 3.63) is 78.4 Å². The van der Waals surface area contributed by atoms with Crippen LogP contribution in [0.15, 0.2) is 72.1 Å². The van der Waals surface area contributed by atoms with Gasteiger partial charge in [-0.15, -0.1) is 11.8 Å². The highest BCUT2D eigenvalue weighted by Gasteiger charge is 2.45. The summed E-state index contributed by atoms with van der Waals surface area (Å²) in [6, 6.07) is 16.2. The van der Waals surface area contributed by atoms with E-state index in [-0.39, 0.29) is 39.7 Å². The molecule has 0 bridgehead atoms. The Kier molecular flexibility index (Phi) is 7.21. The van der Waals surface area contributed by atoms with E-state index in [1.807, 2.05) is 30.3 Å². The van der Waals surface area contributed by atoms with Crippen LogP contribution in [-0.2, 0) is 32.6 Å². The third kappa shape index (κ3) is 5.66. The Bertz CT molecular complexity index is 1110. The molecule has 2 saturated heterocycles. The molecule has 0 aliphatic carbocycles. The minimum absolute atomic E-state index is 0.00248. The Morgan fingerprint density at radius 3 is 2.45 bits per heavy atom. The van der Waals surface area contributed by atoms with Crippen LogP contribution in [0.5, 0.6) is 0 Å². The minimum Gasteiger partial charge on any atom is -0.352 e. The standard InChI is InChI=1S/C24H27N3O4S2/c1-2-22(28)26-24-13-19-15-27(16-21(19)32-24)33(30,31)20-10-8-17(9-11-20)12-23(29)25-14-18-6-4-3-5-7-18/h2-11,19,21,24H,1,12-16H2,(H,25,29)(H,26,28). The van der Waals surface area contributed by atoms with E-state index in [0.29, 0.717) is 19.6 Å². The summed E-state index contributed by atoms with van der Waals surface area (Å²) in [4.78, 5) is 24.0. The molecule has 2 amide bonds. The Morgan fingerprint density at radius 1 is 1.06 bits per heavy atom. The Labute approximate surface area is 198 Å². The lowest BCUT2D eigenvalue weighted by atomic mass is 10.1. The van der Waals surface area contributed by atoms with Crippen molar-refractivity contribution in [1.82, 2.24) is 14.9 Å². The van der Waals surface area contributed by atoms with Gasteiger partial charge in [-0.25, -0.2) is 8.42 Å². The van der Waals surface area contributed by atoms with Crippen LogP contribution in [0.1, 0.15) is 17.5 Å². The van der Waals surface area contributed by atoms with Crippen LogP contribution in [0.4, 0.5) is 0 Å². The first-order valence-electron chi connectivity index (χ1n) is 10.8. The number of nitrogens with one attached hydrogen (secondary N) is 2. The van der Waals surface area contributed by atoms with E-state index in [2.05, 4.69) is 17.2 Å². The van der Waals surface area contributed by atoms with E-state index in [1.165, 1.54) is 10.4 Å². The maximum absolute atomic E-state index is 13.1. The van der Waals surface area contributed by atoms with Crippen molar-refractivity contribution < 1.29 is 18.0 Å². The van der Waals surface area contributed by atoms with Gasteiger partial charge in [0.05, 0.1) is 16.7 Å². The molecule has 0 saturated carbocycles. The fourth-order valence-corrected chi connectivity index (χ4v) is 7.47. The summed E-state index contributed by atoms with van der Waals surface area (Å²) < 4.78 is 27.8. The predicted octanol–water partition coefficient (Wildman–Crippen LogP) is 2.30. The van der Waals surface area contributed by atoms with Crippen LogP contribution >= 0.6 is 11.8 Å². The van der Waals surface area contributed by atoms with Gasteiger partial charge in [-0.05, 0) is 41.7 Å². The van der Waals surface area contributed by atoms with Crippen LogP contribution in [0.2, 0.25) is 0 Å². The zero-order valence-electron chi connectivity index (χ0n) is 18.1. The third-order valence-corrected chi connectivity index (χ3v) is 9.32. The summed E-state index contributed by atoms with van der Waals surface area (Å²) in [6.07, 6.45) is 2.19. The van der Waals surface area contributed by atoms with Gasteiger partial charge in [0, 0.05) is 24.9 Å². The molecule has 0 aromatic heterocycles. The van der Waals surface area contributed by atoms with Crippen molar-refractivity contribution in [2.75, 3.05) is 13.1 Å². The summed E-state index contributed by atoms with van der Waals surface area (Å²) in [7, 11) is -3.60. The fourth-order valence-electron chi connectivity index (χ4n) is 4.20. The number of nitrogens with zero attached hydrogens (tertiary/aromatic N) is 1. The first kappa shape index (κ1) is 23.5. The number of carbonyl (C=O) groups excluding carboxylic acids is 2. The molecule has 2 aromatic rings. The van der Waals surface area contributed by atoms with Crippen molar-refractivity contribution in [2.45, 2.75) is 34.9 Å². The monoisotopic (exact) mass is 485 g/mol. The molecule has 2 aromatic carbocycles. The van der Waals surface area contributed by atoms with Gasteiger partial charge in [-0.2, -0.15) is 4.31 Å². The topological polar surface area (TPSA) is 95.6 Å². The summed E-state index contributed by atoms with van der Waals surface area (Å²) in [6.45, 7) is 4.80. The lowest BCUT2D eigenvalue weighted by molar-refractivity contribution is -0.120. The number of sulfonamides is 1. The number of carbonyl (C=O) groups is 2. The Morgan fingerprint density at radius 2 is 1.79 bits per heavy atom. The number of hydrogen-bond acceptors (Lipinski definition) is 5. The van der Waals surface area contributed by atoms with E-state index in [9.17, 15) is 18.0 Å². The van der Waals surface area contributed by atoms with Crippen molar-refractivity contribution in [3.8, 4) is 0 Å². The van der Waals surface area contributed by atoms with Gasteiger partial charge in [0.25, 0.3) is 0 Å². The number of benzene rings is 2. The molecule has 9 heteroatoms. The van der Waals surface area contributed by atoms with Crippen molar-refractivity contribution in [2.24, 2.45) is 5.92 Å². The van der Waals surface area contributed by atoms with E-state index in [0.717, 1.165) is 17.5 Å². The van der Waals surface area contributed by atoms with Gasteiger partial charge in [0.15, 0.2) is 0 Å².